The molecule has 0 aliphatic carbocycles. The molecule has 26 heavy (non-hydrogen) atoms. The summed E-state index contributed by atoms with van der Waals surface area (Å²) < 4.78 is 10.7. The van der Waals surface area contributed by atoms with Gasteiger partial charge in [-0.15, -0.1) is 0 Å². The zero-order valence-corrected chi connectivity index (χ0v) is 16.9. The molecule has 0 saturated carbocycles. The van der Waals surface area contributed by atoms with Gasteiger partial charge in [0.25, 0.3) is 0 Å². The highest BCUT2D eigenvalue weighted by Crippen LogP contribution is 2.33. The van der Waals surface area contributed by atoms with Crippen LogP contribution in [-0.4, -0.2) is 51.7 Å². The zero-order valence-electron chi connectivity index (χ0n) is 15.3. The van der Waals surface area contributed by atoms with E-state index >= 15 is 0 Å². The summed E-state index contributed by atoms with van der Waals surface area (Å²) in [6.07, 6.45) is 2.25. The molecule has 1 aromatic rings. The second-order valence-electron chi connectivity index (χ2n) is 6.68. The van der Waals surface area contributed by atoms with Crippen LogP contribution in [0.3, 0.4) is 0 Å². The predicted molar refractivity (Wildman–Crippen MR) is 99.1 cm³/mol. The van der Waals surface area contributed by atoms with Crippen molar-refractivity contribution in [2.24, 2.45) is 0 Å². The van der Waals surface area contributed by atoms with Crippen LogP contribution in [0.25, 0.3) is 0 Å². The van der Waals surface area contributed by atoms with Crippen LogP contribution >= 0.6 is 15.9 Å². The van der Waals surface area contributed by atoms with Crippen LogP contribution in [0.1, 0.15) is 61.3 Å². The minimum absolute atomic E-state index is 0.0237. The predicted octanol–water partition coefficient (Wildman–Crippen LogP) is 3.57. The third-order valence-corrected chi connectivity index (χ3v) is 4.48. The molecule has 0 radical (unpaired) electrons. The number of aromatic carboxylic acids is 2. The van der Waals surface area contributed by atoms with Crippen LogP contribution in [0, 0.1) is 0 Å². The Balaban J connectivity index is 0.000000350. The topological polar surface area (TPSA) is 113 Å². The van der Waals surface area contributed by atoms with Crippen molar-refractivity contribution in [3.05, 3.63) is 27.7 Å². The lowest BCUT2D eigenvalue weighted by molar-refractivity contribution is -0.184. The van der Waals surface area contributed by atoms with Crippen LogP contribution in [0.4, 0.5) is 0 Å². The van der Waals surface area contributed by atoms with Crippen molar-refractivity contribution in [3.63, 3.8) is 0 Å². The molecule has 146 valence electrons. The maximum absolute atomic E-state index is 11.0. The Morgan fingerprint density at radius 3 is 2.27 bits per heavy atom. The minimum atomic E-state index is -1.37. The van der Waals surface area contributed by atoms with E-state index in [9.17, 15) is 9.59 Å². The van der Waals surface area contributed by atoms with Crippen molar-refractivity contribution in [2.45, 2.75) is 58.3 Å². The summed E-state index contributed by atoms with van der Waals surface area (Å²) in [6.45, 7) is 7.93. The van der Waals surface area contributed by atoms with Crippen molar-refractivity contribution in [2.75, 3.05) is 6.61 Å². The Morgan fingerprint density at radius 1 is 1.35 bits per heavy atom. The van der Waals surface area contributed by atoms with E-state index < -0.39 is 18.0 Å². The summed E-state index contributed by atoms with van der Waals surface area (Å²) in [4.78, 5) is 21.9. The lowest BCUT2D eigenvalue weighted by atomic mass is 9.92. The fourth-order valence-electron chi connectivity index (χ4n) is 2.48. The van der Waals surface area contributed by atoms with Gasteiger partial charge in [-0.2, -0.15) is 0 Å². The molecule has 1 aliphatic heterocycles. The van der Waals surface area contributed by atoms with Gasteiger partial charge in [-0.25, -0.2) is 9.59 Å². The number of hydrogen-bond donors (Lipinski definition) is 3. The highest BCUT2D eigenvalue weighted by atomic mass is 79.9. The van der Waals surface area contributed by atoms with Crippen LogP contribution in [0.2, 0.25) is 0 Å². The Labute approximate surface area is 161 Å². The third-order valence-electron chi connectivity index (χ3n) is 3.69. The highest BCUT2D eigenvalue weighted by molar-refractivity contribution is 9.10. The molecule has 0 aromatic heterocycles. The molecular formula is C18H25BrO7. The Hall–Kier alpha value is -1.64. The average molecular weight is 433 g/mol. The van der Waals surface area contributed by atoms with Crippen LogP contribution in [-0.2, 0) is 4.74 Å². The van der Waals surface area contributed by atoms with Gasteiger partial charge in [0.2, 0.25) is 0 Å². The molecule has 1 fully saturated rings. The summed E-state index contributed by atoms with van der Waals surface area (Å²) in [5.74, 6) is -2.55. The number of carbonyl (C=O) groups is 2. The lowest BCUT2D eigenvalue weighted by Crippen LogP contribution is -2.45. The van der Waals surface area contributed by atoms with Gasteiger partial charge in [0.1, 0.15) is 12.4 Å². The number of hydrogen-bond acceptors (Lipinski definition) is 5. The average Bonchev–Trinajstić information content (AvgIpc) is 2.50. The monoisotopic (exact) mass is 432 g/mol. The van der Waals surface area contributed by atoms with E-state index in [1.54, 1.807) is 0 Å². The maximum Gasteiger partial charge on any atom is 0.337 e. The fourth-order valence-corrected chi connectivity index (χ4v) is 3.11. The van der Waals surface area contributed by atoms with E-state index in [1.165, 1.54) is 25.8 Å². The molecule has 1 heterocycles. The normalized spacial score (nSPS) is 18.8. The van der Waals surface area contributed by atoms with Gasteiger partial charge in [-0.05, 0) is 55.3 Å². The maximum atomic E-state index is 11.0. The minimum Gasteiger partial charge on any atom is -0.490 e. The van der Waals surface area contributed by atoms with Gasteiger partial charge >= 0.3 is 11.9 Å². The van der Waals surface area contributed by atoms with Gasteiger partial charge < -0.3 is 24.8 Å². The van der Waals surface area contributed by atoms with Crippen LogP contribution in [0.5, 0.6) is 5.75 Å². The largest absolute Gasteiger partial charge is 0.490 e. The zero-order chi connectivity index (χ0) is 20.1. The van der Waals surface area contributed by atoms with Gasteiger partial charge in [-0.1, -0.05) is 6.92 Å². The quantitative estimate of drug-likeness (QED) is 0.629. The molecule has 8 heteroatoms. The van der Waals surface area contributed by atoms with Gasteiger partial charge in [0, 0.05) is 6.42 Å². The third kappa shape index (κ3) is 6.26. The van der Waals surface area contributed by atoms with Crippen molar-refractivity contribution < 1.29 is 34.4 Å². The second-order valence-corrected chi connectivity index (χ2v) is 7.48. The molecule has 3 N–H and O–H groups in total. The summed E-state index contributed by atoms with van der Waals surface area (Å²) in [6, 6.07) is 2.48. The first-order chi connectivity index (χ1) is 12.0. The van der Waals surface area contributed by atoms with Gasteiger partial charge in [-0.3, -0.25) is 0 Å². The SMILES string of the molecule is CC(O)COc1ccc(C(=O)O)c(C(=O)O)c1Br.CCC1CC(C)(C)O1. The van der Waals surface area contributed by atoms with E-state index in [-0.39, 0.29) is 33.6 Å². The number of benzene rings is 1. The molecule has 2 atom stereocenters. The lowest BCUT2D eigenvalue weighted by Gasteiger charge is -2.42. The molecular weight excluding hydrogens is 408 g/mol. The van der Waals surface area contributed by atoms with Crippen molar-refractivity contribution in [3.8, 4) is 5.75 Å². The van der Waals surface area contributed by atoms with E-state index in [2.05, 4.69) is 36.7 Å². The van der Waals surface area contributed by atoms with Gasteiger partial charge in [0.05, 0.1) is 33.4 Å². The van der Waals surface area contributed by atoms with Gasteiger partial charge in [0.15, 0.2) is 0 Å². The standard InChI is InChI=1S/C11H11BrO6.C7H14O/c1-5(13)4-18-7-3-2-6(10(14)15)8(9(7)12)11(16)17;1-4-6-5-7(2,3)8-6/h2-3,5,13H,4H2,1H3,(H,14,15)(H,16,17);6H,4-5H2,1-3H3. The Bertz CT molecular complexity index is 647. The molecule has 0 bridgehead atoms. The first kappa shape index (κ1) is 22.4. The first-order valence-corrected chi connectivity index (χ1v) is 9.05. The second kappa shape index (κ2) is 9.34. The van der Waals surface area contributed by atoms with Crippen molar-refractivity contribution in [1.29, 1.82) is 0 Å². The molecule has 2 unspecified atom stereocenters. The molecule has 2 rings (SSSR count). The molecule has 0 amide bonds. The molecule has 1 aliphatic rings. The molecule has 0 spiro atoms. The van der Waals surface area contributed by atoms with Crippen LogP contribution in [0.15, 0.2) is 16.6 Å². The van der Waals surface area contributed by atoms with Crippen molar-refractivity contribution >= 4 is 27.9 Å². The Morgan fingerprint density at radius 2 is 1.92 bits per heavy atom. The summed E-state index contributed by atoms with van der Waals surface area (Å²) >= 11 is 3.00. The van der Waals surface area contributed by atoms with E-state index in [0.717, 1.165) is 6.07 Å². The van der Waals surface area contributed by atoms with E-state index in [1.807, 2.05) is 0 Å². The fraction of sp³-hybridized carbons (Fsp3) is 0.556. The molecule has 1 aromatic carbocycles. The number of halogens is 1. The van der Waals surface area contributed by atoms with E-state index in [4.69, 9.17) is 24.8 Å². The number of carboxylic acids is 2. The summed E-state index contributed by atoms with van der Waals surface area (Å²) in [5, 5.41) is 27.0. The summed E-state index contributed by atoms with van der Waals surface area (Å²) in [5.41, 5.74) is -0.523. The number of aliphatic hydroxyl groups excluding tert-OH is 1. The number of ether oxygens (including phenoxy) is 2. The van der Waals surface area contributed by atoms with E-state index in [0.29, 0.717) is 6.10 Å². The molecule has 1 saturated heterocycles. The van der Waals surface area contributed by atoms with Crippen LogP contribution < -0.4 is 4.74 Å². The number of rotatable bonds is 6. The Kier molecular flexibility index (Phi) is 8.05. The molecule has 7 nitrogen and oxygen atoms in total. The first-order valence-electron chi connectivity index (χ1n) is 8.26. The summed E-state index contributed by atoms with van der Waals surface area (Å²) in [7, 11) is 0. The number of carboxylic acid groups (broad SMARTS) is 2. The van der Waals surface area contributed by atoms with Crippen molar-refractivity contribution in [1.82, 2.24) is 0 Å². The number of aliphatic hydroxyl groups is 1. The highest BCUT2D eigenvalue weighted by Gasteiger charge is 2.35. The smallest absolute Gasteiger partial charge is 0.337 e.